The lowest BCUT2D eigenvalue weighted by atomic mass is 9.87. The number of anilines is 1. The monoisotopic (exact) mass is 568 g/mol. The van der Waals surface area contributed by atoms with Gasteiger partial charge in [0.05, 0.1) is 29.9 Å². The van der Waals surface area contributed by atoms with E-state index < -0.39 is 0 Å². The first-order valence-corrected chi connectivity index (χ1v) is 14.5. The standard InChI is InChI=1S/C31H41ClN4O4/c1-5-31(2,3)13-16-35-30(37)36-25-10-9-22(18-24(25)32)40-27-11-15-34-26-20-29(28(38-4)19-23(26)27)39-17-12-21-8-6-7-14-33-21/h9-11,15,18-21,33H,5-8,12-14,16-17H2,1-4H3,(H2,35,36,37). The molecule has 1 aliphatic rings. The van der Waals surface area contributed by atoms with Gasteiger partial charge in [-0.05, 0) is 61.9 Å². The van der Waals surface area contributed by atoms with Gasteiger partial charge in [0.2, 0.25) is 0 Å². The second kappa shape index (κ2) is 13.9. The number of halogens is 1. The Balaban J connectivity index is 1.41. The van der Waals surface area contributed by atoms with Crippen molar-refractivity contribution in [3.8, 4) is 23.0 Å². The molecule has 1 aromatic heterocycles. The number of carbonyl (C=O) groups is 1. The summed E-state index contributed by atoms with van der Waals surface area (Å²) in [6.45, 7) is 8.80. The number of fused-ring (bicyclic) bond motifs is 1. The van der Waals surface area contributed by atoms with E-state index in [9.17, 15) is 4.79 Å². The third kappa shape index (κ3) is 8.15. The first-order valence-electron chi connectivity index (χ1n) is 14.1. The molecule has 8 nitrogen and oxygen atoms in total. The average molecular weight is 569 g/mol. The fraction of sp³-hybridized carbons (Fsp3) is 0.484. The van der Waals surface area contributed by atoms with Crippen LogP contribution in [0.2, 0.25) is 5.02 Å². The molecule has 216 valence electrons. The molecule has 9 heteroatoms. The van der Waals surface area contributed by atoms with Crippen LogP contribution in [0.5, 0.6) is 23.0 Å². The molecule has 2 amide bonds. The summed E-state index contributed by atoms with van der Waals surface area (Å²) in [7, 11) is 1.62. The Morgan fingerprint density at radius 2 is 2.00 bits per heavy atom. The van der Waals surface area contributed by atoms with Crippen LogP contribution >= 0.6 is 11.6 Å². The summed E-state index contributed by atoms with van der Waals surface area (Å²) >= 11 is 6.48. The lowest BCUT2D eigenvalue weighted by Crippen LogP contribution is -2.35. The Bertz CT molecular complexity index is 1290. The highest BCUT2D eigenvalue weighted by Gasteiger charge is 2.17. The molecule has 0 spiro atoms. The van der Waals surface area contributed by atoms with E-state index in [0.29, 0.717) is 52.9 Å². The molecular formula is C31H41ClN4O4. The SMILES string of the molecule is CCC(C)(C)CCNC(=O)Nc1ccc(Oc2ccnc3cc(OCCC4CCCCN4)c(OC)cc23)cc1Cl. The van der Waals surface area contributed by atoms with Crippen LogP contribution in [0.3, 0.4) is 0 Å². The highest BCUT2D eigenvalue weighted by atomic mass is 35.5. The van der Waals surface area contributed by atoms with E-state index in [-0.39, 0.29) is 11.4 Å². The van der Waals surface area contributed by atoms with Crippen molar-refractivity contribution < 1.29 is 19.0 Å². The van der Waals surface area contributed by atoms with Gasteiger partial charge in [0.25, 0.3) is 0 Å². The molecule has 3 N–H and O–H groups in total. The van der Waals surface area contributed by atoms with Crippen LogP contribution in [0, 0.1) is 5.41 Å². The molecule has 1 unspecified atom stereocenters. The van der Waals surface area contributed by atoms with Crippen LogP contribution < -0.4 is 30.2 Å². The van der Waals surface area contributed by atoms with Crippen molar-refractivity contribution in [2.45, 2.75) is 65.3 Å². The van der Waals surface area contributed by atoms with Crippen LogP contribution in [0.25, 0.3) is 10.9 Å². The van der Waals surface area contributed by atoms with Gasteiger partial charge < -0.3 is 30.2 Å². The highest BCUT2D eigenvalue weighted by Crippen LogP contribution is 2.38. The van der Waals surface area contributed by atoms with Gasteiger partial charge >= 0.3 is 6.03 Å². The van der Waals surface area contributed by atoms with Gasteiger partial charge in [-0.15, -0.1) is 0 Å². The summed E-state index contributed by atoms with van der Waals surface area (Å²) < 4.78 is 17.9. The smallest absolute Gasteiger partial charge is 0.319 e. The van der Waals surface area contributed by atoms with Gasteiger partial charge in [0, 0.05) is 36.3 Å². The number of urea groups is 1. The molecule has 0 aliphatic carbocycles. The first-order chi connectivity index (χ1) is 19.3. The third-order valence-corrected chi connectivity index (χ3v) is 7.90. The Morgan fingerprint density at radius 1 is 1.15 bits per heavy atom. The van der Waals surface area contributed by atoms with Crippen molar-refractivity contribution in [2.24, 2.45) is 5.41 Å². The van der Waals surface area contributed by atoms with Crippen molar-refractivity contribution in [3.63, 3.8) is 0 Å². The number of amides is 2. The summed E-state index contributed by atoms with van der Waals surface area (Å²) in [6.07, 6.45) is 8.29. The molecule has 40 heavy (non-hydrogen) atoms. The number of nitrogens with zero attached hydrogens (tertiary/aromatic N) is 1. The van der Waals surface area contributed by atoms with Crippen molar-refractivity contribution >= 4 is 34.2 Å². The molecule has 3 aromatic rings. The number of hydrogen-bond donors (Lipinski definition) is 3. The van der Waals surface area contributed by atoms with E-state index in [1.807, 2.05) is 12.1 Å². The number of rotatable bonds is 12. The van der Waals surface area contributed by atoms with Crippen molar-refractivity contribution in [2.75, 3.05) is 32.1 Å². The van der Waals surface area contributed by atoms with Crippen LogP contribution in [0.1, 0.15) is 59.3 Å². The summed E-state index contributed by atoms with van der Waals surface area (Å²) in [5.74, 6) is 2.42. The summed E-state index contributed by atoms with van der Waals surface area (Å²) in [4.78, 5) is 16.9. The molecule has 0 saturated carbocycles. The number of methoxy groups -OCH3 is 1. The molecule has 1 saturated heterocycles. The maximum absolute atomic E-state index is 12.4. The minimum absolute atomic E-state index is 0.186. The number of piperidine rings is 1. The number of nitrogens with one attached hydrogen (secondary N) is 3. The summed E-state index contributed by atoms with van der Waals surface area (Å²) in [5.41, 5.74) is 1.43. The molecule has 1 fully saturated rings. The van der Waals surface area contributed by atoms with Gasteiger partial charge in [0.15, 0.2) is 11.5 Å². The number of hydrogen-bond acceptors (Lipinski definition) is 6. The molecule has 0 bridgehead atoms. The fourth-order valence-electron chi connectivity index (χ4n) is 4.62. The predicted octanol–water partition coefficient (Wildman–Crippen LogP) is 7.55. The lowest BCUT2D eigenvalue weighted by Gasteiger charge is -2.23. The lowest BCUT2D eigenvalue weighted by molar-refractivity contribution is 0.248. The summed E-state index contributed by atoms with van der Waals surface area (Å²) in [6, 6.07) is 10.9. The Morgan fingerprint density at radius 3 is 2.73 bits per heavy atom. The van der Waals surface area contributed by atoms with Gasteiger partial charge in [-0.3, -0.25) is 4.98 Å². The van der Waals surface area contributed by atoms with Crippen LogP contribution in [0.15, 0.2) is 42.6 Å². The maximum atomic E-state index is 12.4. The van der Waals surface area contributed by atoms with Gasteiger partial charge in [0.1, 0.15) is 11.5 Å². The number of carbonyl (C=O) groups excluding carboxylic acids is 1. The van der Waals surface area contributed by atoms with Gasteiger partial charge in [-0.25, -0.2) is 4.79 Å². The molecular weight excluding hydrogens is 528 g/mol. The molecule has 1 atom stereocenters. The minimum Gasteiger partial charge on any atom is -0.493 e. The van der Waals surface area contributed by atoms with E-state index in [1.54, 1.807) is 37.6 Å². The second-order valence-electron chi connectivity index (χ2n) is 11.0. The van der Waals surface area contributed by atoms with Crippen LogP contribution in [-0.2, 0) is 0 Å². The topological polar surface area (TPSA) is 93.7 Å². The highest BCUT2D eigenvalue weighted by molar-refractivity contribution is 6.33. The Kier molecular flexibility index (Phi) is 10.3. The van der Waals surface area contributed by atoms with E-state index in [2.05, 4.69) is 41.7 Å². The van der Waals surface area contributed by atoms with Crippen molar-refractivity contribution in [1.29, 1.82) is 0 Å². The zero-order chi connectivity index (χ0) is 28.5. The molecule has 1 aliphatic heterocycles. The number of aromatic nitrogens is 1. The first kappa shape index (κ1) is 29.7. The molecule has 4 rings (SSSR count). The zero-order valence-corrected chi connectivity index (χ0v) is 24.7. The summed E-state index contributed by atoms with van der Waals surface area (Å²) in [5, 5.41) is 10.4. The molecule has 2 aromatic carbocycles. The Hall–Kier alpha value is -3.23. The van der Waals surface area contributed by atoms with Gasteiger partial charge in [-0.1, -0.05) is 45.2 Å². The third-order valence-electron chi connectivity index (χ3n) is 7.58. The average Bonchev–Trinajstić information content (AvgIpc) is 2.95. The van der Waals surface area contributed by atoms with E-state index >= 15 is 0 Å². The maximum Gasteiger partial charge on any atom is 0.319 e. The second-order valence-corrected chi connectivity index (χ2v) is 11.4. The van der Waals surface area contributed by atoms with Crippen LogP contribution in [0.4, 0.5) is 10.5 Å². The minimum atomic E-state index is -0.289. The quantitative estimate of drug-likeness (QED) is 0.209. The molecule has 2 heterocycles. The predicted molar refractivity (Wildman–Crippen MR) is 161 cm³/mol. The Labute approximate surface area is 242 Å². The van der Waals surface area contributed by atoms with E-state index in [0.717, 1.165) is 36.7 Å². The van der Waals surface area contributed by atoms with E-state index in [1.165, 1.54) is 19.3 Å². The fourth-order valence-corrected chi connectivity index (χ4v) is 4.83. The molecule has 0 radical (unpaired) electrons. The number of benzene rings is 2. The van der Waals surface area contributed by atoms with Crippen LogP contribution in [-0.4, -0.2) is 43.9 Å². The number of ether oxygens (including phenoxy) is 3. The van der Waals surface area contributed by atoms with Gasteiger partial charge in [-0.2, -0.15) is 0 Å². The largest absolute Gasteiger partial charge is 0.493 e. The van der Waals surface area contributed by atoms with Crippen molar-refractivity contribution in [1.82, 2.24) is 15.6 Å². The van der Waals surface area contributed by atoms with E-state index in [4.69, 9.17) is 25.8 Å². The normalized spacial score (nSPS) is 15.5. The number of pyridine rings is 1. The zero-order valence-electron chi connectivity index (χ0n) is 23.9. The van der Waals surface area contributed by atoms with Crippen molar-refractivity contribution in [3.05, 3.63) is 47.6 Å².